The maximum Gasteiger partial charge on any atom is 0.255 e. The second-order valence-electron chi connectivity index (χ2n) is 5.55. The van der Waals surface area contributed by atoms with Gasteiger partial charge in [-0.15, -0.1) is 0 Å². The summed E-state index contributed by atoms with van der Waals surface area (Å²) < 4.78 is 14.3. The van der Waals surface area contributed by atoms with Crippen LogP contribution in [0.25, 0.3) is 5.69 Å². The zero-order valence-corrected chi connectivity index (χ0v) is 13.5. The highest BCUT2D eigenvalue weighted by molar-refractivity contribution is 7.99. The molecular weight excluding hydrogens is 329 g/mol. The van der Waals surface area contributed by atoms with E-state index in [-0.39, 0.29) is 11.1 Å². The van der Waals surface area contributed by atoms with Gasteiger partial charge in [0.15, 0.2) is 0 Å². The van der Waals surface area contributed by atoms with Gasteiger partial charge in [0, 0.05) is 23.7 Å². The summed E-state index contributed by atoms with van der Waals surface area (Å²) >= 11 is 1.62. The second-order valence-corrected chi connectivity index (χ2v) is 6.66. The Hall–Kier alpha value is -2.59. The summed E-state index contributed by atoms with van der Waals surface area (Å²) in [6, 6.07) is 10.3. The molecule has 0 saturated carbocycles. The molecule has 1 N–H and O–H groups in total. The van der Waals surface area contributed by atoms with Crippen LogP contribution in [0, 0.1) is 17.1 Å². The first-order valence-corrected chi connectivity index (χ1v) is 8.49. The lowest BCUT2D eigenvalue weighted by Crippen LogP contribution is -2.47. The number of hydrogen-bond acceptors (Lipinski definition) is 4. The van der Waals surface area contributed by atoms with Crippen molar-refractivity contribution in [2.24, 2.45) is 0 Å². The Morgan fingerprint density at radius 3 is 2.67 bits per heavy atom. The fourth-order valence-electron chi connectivity index (χ4n) is 2.49. The average molecular weight is 343 g/mol. The first-order valence-electron chi connectivity index (χ1n) is 7.33. The van der Waals surface area contributed by atoms with E-state index in [1.165, 1.54) is 47.2 Å². The lowest BCUT2D eigenvalue weighted by Gasteiger charge is -2.21. The van der Waals surface area contributed by atoms with Crippen molar-refractivity contribution in [2.75, 3.05) is 11.5 Å². The molecule has 24 heavy (non-hydrogen) atoms. The molecule has 1 aliphatic rings. The number of carbonyl (C=O) groups is 1. The predicted octanol–water partition coefficient (Wildman–Crippen LogP) is 2.11. The third-order valence-corrected chi connectivity index (χ3v) is 5.06. The van der Waals surface area contributed by atoms with Crippen molar-refractivity contribution >= 4 is 17.7 Å². The number of amides is 1. The molecular formula is C17H14FN3O2S. The van der Waals surface area contributed by atoms with Gasteiger partial charge in [-0.2, -0.15) is 17.0 Å². The van der Waals surface area contributed by atoms with Crippen LogP contribution in [0.1, 0.15) is 16.8 Å². The Kier molecular flexibility index (Phi) is 4.40. The first kappa shape index (κ1) is 16.3. The SMILES string of the molecule is N#CC1(NC(=O)c2ccc(=O)n(-c3ccc(F)cc3)c2)CCSC1. The summed E-state index contributed by atoms with van der Waals surface area (Å²) in [6.45, 7) is 0. The van der Waals surface area contributed by atoms with Gasteiger partial charge in [-0.3, -0.25) is 14.2 Å². The Morgan fingerprint density at radius 2 is 2.04 bits per heavy atom. The van der Waals surface area contributed by atoms with Crippen LogP contribution in [-0.2, 0) is 0 Å². The maximum atomic E-state index is 13.0. The van der Waals surface area contributed by atoms with Crippen LogP contribution in [-0.4, -0.2) is 27.5 Å². The van der Waals surface area contributed by atoms with Crippen molar-refractivity contribution < 1.29 is 9.18 Å². The molecule has 1 aromatic carbocycles. The zero-order chi connectivity index (χ0) is 17.2. The van der Waals surface area contributed by atoms with E-state index in [1.54, 1.807) is 11.8 Å². The average Bonchev–Trinajstić information content (AvgIpc) is 3.05. The molecule has 2 heterocycles. The molecule has 2 aromatic rings. The Balaban J connectivity index is 1.91. The minimum absolute atomic E-state index is 0.269. The number of thioether (sulfide) groups is 1. The second kappa shape index (κ2) is 6.49. The number of nitriles is 1. The lowest BCUT2D eigenvalue weighted by molar-refractivity contribution is 0.0925. The molecule has 0 aliphatic carbocycles. The highest BCUT2D eigenvalue weighted by atomic mass is 32.2. The minimum atomic E-state index is -0.863. The van der Waals surface area contributed by atoms with Crippen LogP contribution < -0.4 is 10.9 Å². The normalized spacial score (nSPS) is 19.7. The van der Waals surface area contributed by atoms with E-state index in [0.717, 1.165) is 5.75 Å². The maximum absolute atomic E-state index is 13.0. The third kappa shape index (κ3) is 3.19. The Labute approximate surface area is 142 Å². The first-order chi connectivity index (χ1) is 11.5. The number of hydrogen-bond donors (Lipinski definition) is 1. The molecule has 7 heteroatoms. The number of aromatic nitrogens is 1. The van der Waals surface area contributed by atoms with Crippen molar-refractivity contribution in [3.05, 3.63) is 64.3 Å². The van der Waals surface area contributed by atoms with E-state index in [0.29, 0.717) is 17.9 Å². The number of benzene rings is 1. The molecule has 1 saturated heterocycles. The zero-order valence-electron chi connectivity index (χ0n) is 12.7. The molecule has 3 rings (SSSR count). The lowest BCUT2D eigenvalue weighted by atomic mass is 10.0. The summed E-state index contributed by atoms with van der Waals surface area (Å²) in [5, 5.41) is 12.1. The monoisotopic (exact) mass is 343 g/mol. The highest BCUT2D eigenvalue weighted by Crippen LogP contribution is 2.27. The van der Waals surface area contributed by atoms with Crippen LogP contribution in [0.3, 0.4) is 0 Å². The van der Waals surface area contributed by atoms with Gasteiger partial charge in [-0.05, 0) is 42.5 Å². The number of carbonyl (C=O) groups excluding carboxylic acids is 1. The molecule has 0 radical (unpaired) electrons. The van der Waals surface area contributed by atoms with E-state index in [2.05, 4.69) is 11.4 Å². The van der Waals surface area contributed by atoms with Gasteiger partial charge in [0.05, 0.1) is 11.6 Å². The van der Waals surface area contributed by atoms with Crippen molar-refractivity contribution in [1.29, 1.82) is 5.26 Å². The van der Waals surface area contributed by atoms with Crippen molar-refractivity contribution in [2.45, 2.75) is 12.0 Å². The fraction of sp³-hybridized carbons (Fsp3) is 0.235. The van der Waals surface area contributed by atoms with E-state index >= 15 is 0 Å². The van der Waals surface area contributed by atoms with Crippen LogP contribution in [0.2, 0.25) is 0 Å². The minimum Gasteiger partial charge on any atom is -0.333 e. The van der Waals surface area contributed by atoms with Crippen molar-refractivity contribution in [3.63, 3.8) is 0 Å². The van der Waals surface area contributed by atoms with Gasteiger partial charge < -0.3 is 5.32 Å². The number of halogens is 1. The quantitative estimate of drug-likeness (QED) is 0.926. The Morgan fingerprint density at radius 1 is 1.29 bits per heavy atom. The number of rotatable bonds is 3. The van der Waals surface area contributed by atoms with Gasteiger partial charge in [0.25, 0.3) is 11.5 Å². The molecule has 122 valence electrons. The molecule has 0 spiro atoms. The van der Waals surface area contributed by atoms with Gasteiger partial charge in [-0.1, -0.05) is 0 Å². The smallest absolute Gasteiger partial charge is 0.255 e. The number of pyridine rings is 1. The van der Waals surface area contributed by atoms with Crippen LogP contribution in [0.5, 0.6) is 0 Å². The van der Waals surface area contributed by atoms with E-state index in [1.807, 2.05) is 0 Å². The third-order valence-electron chi connectivity index (χ3n) is 3.87. The predicted molar refractivity (Wildman–Crippen MR) is 89.7 cm³/mol. The summed E-state index contributed by atoms with van der Waals surface area (Å²) in [7, 11) is 0. The molecule has 0 bridgehead atoms. The van der Waals surface area contributed by atoms with Gasteiger partial charge in [-0.25, -0.2) is 4.39 Å². The summed E-state index contributed by atoms with van der Waals surface area (Å²) in [6.07, 6.45) is 2.00. The van der Waals surface area contributed by atoms with Gasteiger partial charge in [0.2, 0.25) is 0 Å². The molecule has 1 unspecified atom stereocenters. The standard InChI is InChI=1S/C17H14FN3O2S/c18-13-2-4-14(5-3-13)21-9-12(1-6-15(21)22)16(23)20-17(10-19)7-8-24-11-17/h1-6,9H,7-8,11H2,(H,20,23). The highest BCUT2D eigenvalue weighted by Gasteiger charge is 2.36. The van der Waals surface area contributed by atoms with Crippen LogP contribution in [0.4, 0.5) is 4.39 Å². The topological polar surface area (TPSA) is 74.9 Å². The molecule has 1 fully saturated rings. The van der Waals surface area contributed by atoms with Crippen molar-refractivity contribution in [1.82, 2.24) is 9.88 Å². The van der Waals surface area contributed by atoms with Gasteiger partial charge >= 0.3 is 0 Å². The van der Waals surface area contributed by atoms with E-state index < -0.39 is 17.3 Å². The summed E-state index contributed by atoms with van der Waals surface area (Å²) in [4.78, 5) is 24.5. The molecule has 1 atom stereocenters. The number of nitrogens with one attached hydrogen (secondary N) is 1. The van der Waals surface area contributed by atoms with Crippen LogP contribution in [0.15, 0.2) is 47.4 Å². The Bertz CT molecular complexity index is 865. The summed E-state index contributed by atoms with van der Waals surface area (Å²) in [5.41, 5.74) is -0.462. The summed E-state index contributed by atoms with van der Waals surface area (Å²) in [5.74, 6) is 0.556. The molecule has 1 aliphatic heterocycles. The molecule has 5 nitrogen and oxygen atoms in total. The molecule has 1 aromatic heterocycles. The molecule has 1 amide bonds. The largest absolute Gasteiger partial charge is 0.333 e. The van der Waals surface area contributed by atoms with E-state index in [4.69, 9.17) is 0 Å². The number of nitrogens with zero attached hydrogens (tertiary/aromatic N) is 2. The van der Waals surface area contributed by atoms with Crippen molar-refractivity contribution in [3.8, 4) is 11.8 Å². The van der Waals surface area contributed by atoms with E-state index in [9.17, 15) is 19.2 Å². The van der Waals surface area contributed by atoms with Crippen LogP contribution >= 0.6 is 11.8 Å². The van der Waals surface area contributed by atoms with Gasteiger partial charge in [0.1, 0.15) is 11.4 Å². The fourth-order valence-corrected chi connectivity index (χ4v) is 3.76.